The molecule has 1 heterocycles. The Balaban J connectivity index is 1.58. The molecule has 1 aliphatic carbocycles. The number of amides is 2. The first kappa shape index (κ1) is 17.1. The van der Waals surface area contributed by atoms with Crippen molar-refractivity contribution in [2.45, 2.75) is 37.5 Å². The molecule has 1 aromatic rings. The highest BCUT2D eigenvalue weighted by molar-refractivity contribution is 5.74. The number of rotatable bonds is 6. The summed E-state index contributed by atoms with van der Waals surface area (Å²) in [6, 6.07) is 8.20. The molecule has 24 heavy (non-hydrogen) atoms. The Bertz CT molecular complexity index is 549. The zero-order valence-corrected chi connectivity index (χ0v) is 14.5. The van der Waals surface area contributed by atoms with Gasteiger partial charge in [-0.25, -0.2) is 4.79 Å². The highest BCUT2D eigenvalue weighted by atomic mass is 16.5. The number of benzene rings is 1. The quantitative estimate of drug-likeness (QED) is 0.842. The Morgan fingerprint density at radius 3 is 2.88 bits per heavy atom. The minimum absolute atomic E-state index is 0.0301. The SMILES string of the molecule is COc1cccc(C2(CNC(=O)NCC3CCOC3)CCCC2)c1. The van der Waals surface area contributed by atoms with Crippen LogP contribution in [0.4, 0.5) is 4.79 Å². The summed E-state index contributed by atoms with van der Waals surface area (Å²) < 4.78 is 10.7. The van der Waals surface area contributed by atoms with Gasteiger partial charge in [0.1, 0.15) is 5.75 Å². The van der Waals surface area contributed by atoms with Crippen LogP contribution >= 0.6 is 0 Å². The number of urea groups is 1. The van der Waals surface area contributed by atoms with E-state index in [1.54, 1.807) is 7.11 Å². The Hall–Kier alpha value is -1.75. The number of carbonyl (C=O) groups is 1. The van der Waals surface area contributed by atoms with Gasteiger partial charge in [0.25, 0.3) is 0 Å². The van der Waals surface area contributed by atoms with Crippen LogP contribution in [0, 0.1) is 5.92 Å². The van der Waals surface area contributed by atoms with E-state index in [0.717, 1.165) is 38.2 Å². The second-order valence-corrected chi connectivity index (χ2v) is 7.01. The van der Waals surface area contributed by atoms with Gasteiger partial charge in [-0.3, -0.25) is 0 Å². The molecule has 0 radical (unpaired) electrons. The predicted molar refractivity (Wildman–Crippen MR) is 93.5 cm³/mol. The first-order chi connectivity index (χ1) is 11.7. The Labute approximate surface area is 144 Å². The number of hydrogen-bond donors (Lipinski definition) is 2. The smallest absolute Gasteiger partial charge is 0.314 e. The van der Waals surface area contributed by atoms with E-state index < -0.39 is 0 Å². The summed E-state index contributed by atoms with van der Waals surface area (Å²) in [7, 11) is 1.69. The van der Waals surface area contributed by atoms with Crippen LogP contribution in [0.1, 0.15) is 37.7 Å². The van der Waals surface area contributed by atoms with Gasteiger partial charge in [-0.1, -0.05) is 25.0 Å². The molecule has 1 saturated heterocycles. The van der Waals surface area contributed by atoms with Crippen molar-refractivity contribution in [3.8, 4) is 5.75 Å². The largest absolute Gasteiger partial charge is 0.497 e. The van der Waals surface area contributed by atoms with Gasteiger partial charge < -0.3 is 20.1 Å². The molecule has 3 rings (SSSR count). The summed E-state index contributed by atoms with van der Waals surface area (Å²) in [6.07, 6.45) is 5.67. The molecule has 5 nitrogen and oxygen atoms in total. The second kappa shape index (κ2) is 7.88. The zero-order chi connectivity index (χ0) is 16.8. The molecule has 1 atom stereocenters. The molecule has 0 aromatic heterocycles. The molecule has 1 saturated carbocycles. The fourth-order valence-corrected chi connectivity index (χ4v) is 3.87. The normalized spacial score (nSPS) is 22.3. The number of ether oxygens (including phenoxy) is 2. The van der Waals surface area contributed by atoms with Crippen molar-refractivity contribution in [2.24, 2.45) is 5.92 Å². The minimum Gasteiger partial charge on any atom is -0.497 e. The maximum Gasteiger partial charge on any atom is 0.314 e. The van der Waals surface area contributed by atoms with Crippen molar-refractivity contribution in [3.05, 3.63) is 29.8 Å². The maximum absolute atomic E-state index is 12.2. The van der Waals surface area contributed by atoms with Gasteiger partial charge in [-0.2, -0.15) is 0 Å². The summed E-state index contributed by atoms with van der Waals surface area (Å²) in [4.78, 5) is 12.2. The van der Waals surface area contributed by atoms with Crippen LogP contribution in [0.3, 0.4) is 0 Å². The average molecular weight is 332 g/mol. The van der Waals surface area contributed by atoms with E-state index in [0.29, 0.717) is 19.0 Å². The maximum atomic E-state index is 12.2. The standard InChI is InChI=1S/C19H28N2O3/c1-23-17-6-4-5-16(11-17)19(8-2-3-9-19)14-21-18(22)20-12-15-7-10-24-13-15/h4-6,11,15H,2-3,7-10,12-14H2,1H3,(H2,20,21,22). The van der Waals surface area contributed by atoms with Crippen LogP contribution in [0.25, 0.3) is 0 Å². The predicted octanol–water partition coefficient (Wildman–Crippen LogP) is 2.84. The van der Waals surface area contributed by atoms with E-state index in [2.05, 4.69) is 22.8 Å². The summed E-state index contributed by atoms with van der Waals surface area (Å²) in [5.41, 5.74) is 1.30. The molecule has 1 aromatic carbocycles. The summed E-state index contributed by atoms with van der Waals surface area (Å²) in [5, 5.41) is 6.08. The Morgan fingerprint density at radius 1 is 1.33 bits per heavy atom. The third-order valence-electron chi connectivity index (χ3n) is 5.41. The summed E-state index contributed by atoms with van der Waals surface area (Å²) in [6.45, 7) is 2.94. The van der Waals surface area contributed by atoms with Gasteiger partial charge in [-0.05, 0) is 37.0 Å². The van der Waals surface area contributed by atoms with Crippen LogP contribution in [0.2, 0.25) is 0 Å². The van der Waals surface area contributed by atoms with E-state index in [1.165, 1.54) is 18.4 Å². The Morgan fingerprint density at radius 2 is 2.17 bits per heavy atom. The van der Waals surface area contributed by atoms with Crippen LogP contribution in [-0.4, -0.2) is 39.4 Å². The molecule has 132 valence electrons. The topological polar surface area (TPSA) is 59.6 Å². The van der Waals surface area contributed by atoms with Gasteiger partial charge in [0, 0.05) is 31.0 Å². The highest BCUT2D eigenvalue weighted by Gasteiger charge is 2.36. The third kappa shape index (κ3) is 4.01. The summed E-state index contributed by atoms with van der Waals surface area (Å²) in [5.74, 6) is 1.33. The first-order valence-corrected chi connectivity index (χ1v) is 8.96. The molecule has 1 unspecified atom stereocenters. The van der Waals surface area contributed by atoms with E-state index in [4.69, 9.17) is 9.47 Å². The molecule has 5 heteroatoms. The van der Waals surface area contributed by atoms with Crippen molar-refractivity contribution in [1.29, 1.82) is 0 Å². The van der Waals surface area contributed by atoms with Crippen LogP contribution in [-0.2, 0) is 10.2 Å². The molecule has 2 amide bonds. The number of hydrogen-bond acceptors (Lipinski definition) is 3. The van der Waals surface area contributed by atoms with Crippen LogP contribution < -0.4 is 15.4 Å². The lowest BCUT2D eigenvalue weighted by Gasteiger charge is -2.30. The minimum atomic E-state index is -0.0731. The fraction of sp³-hybridized carbons (Fsp3) is 0.632. The monoisotopic (exact) mass is 332 g/mol. The average Bonchev–Trinajstić information content (AvgIpc) is 3.30. The molecule has 2 N–H and O–H groups in total. The lowest BCUT2D eigenvalue weighted by Crippen LogP contribution is -2.44. The van der Waals surface area contributed by atoms with Gasteiger partial charge >= 0.3 is 6.03 Å². The lowest BCUT2D eigenvalue weighted by atomic mass is 9.78. The van der Waals surface area contributed by atoms with Gasteiger partial charge in [0.2, 0.25) is 0 Å². The van der Waals surface area contributed by atoms with Crippen molar-refractivity contribution in [1.82, 2.24) is 10.6 Å². The molecule has 0 spiro atoms. The second-order valence-electron chi connectivity index (χ2n) is 7.01. The number of carbonyl (C=O) groups excluding carboxylic acids is 1. The van der Waals surface area contributed by atoms with E-state index in [-0.39, 0.29) is 11.4 Å². The van der Waals surface area contributed by atoms with Crippen molar-refractivity contribution >= 4 is 6.03 Å². The molecule has 2 fully saturated rings. The molecule has 0 bridgehead atoms. The van der Waals surface area contributed by atoms with Crippen LogP contribution in [0.15, 0.2) is 24.3 Å². The summed E-state index contributed by atoms with van der Waals surface area (Å²) >= 11 is 0. The van der Waals surface area contributed by atoms with Gasteiger partial charge in [0.05, 0.1) is 13.7 Å². The van der Waals surface area contributed by atoms with Crippen LogP contribution in [0.5, 0.6) is 5.75 Å². The molecule has 2 aliphatic rings. The fourth-order valence-electron chi connectivity index (χ4n) is 3.87. The molecular formula is C19H28N2O3. The van der Waals surface area contributed by atoms with E-state index >= 15 is 0 Å². The molecule has 1 aliphatic heterocycles. The number of nitrogens with one attached hydrogen (secondary N) is 2. The van der Waals surface area contributed by atoms with E-state index in [9.17, 15) is 4.79 Å². The third-order valence-corrected chi connectivity index (χ3v) is 5.41. The van der Waals surface area contributed by atoms with Crippen molar-refractivity contribution in [3.63, 3.8) is 0 Å². The van der Waals surface area contributed by atoms with Crippen molar-refractivity contribution in [2.75, 3.05) is 33.4 Å². The lowest BCUT2D eigenvalue weighted by molar-refractivity contribution is 0.185. The number of methoxy groups -OCH3 is 1. The first-order valence-electron chi connectivity index (χ1n) is 8.96. The zero-order valence-electron chi connectivity index (χ0n) is 14.5. The highest BCUT2D eigenvalue weighted by Crippen LogP contribution is 2.41. The van der Waals surface area contributed by atoms with E-state index in [1.807, 2.05) is 12.1 Å². The molecular weight excluding hydrogens is 304 g/mol. The van der Waals surface area contributed by atoms with Gasteiger partial charge in [0.15, 0.2) is 0 Å². The Kier molecular flexibility index (Phi) is 5.61. The van der Waals surface area contributed by atoms with Crippen molar-refractivity contribution < 1.29 is 14.3 Å². The van der Waals surface area contributed by atoms with Gasteiger partial charge in [-0.15, -0.1) is 0 Å².